The molecule has 0 bridgehead atoms. The third-order valence-electron chi connectivity index (χ3n) is 1.42. The van der Waals surface area contributed by atoms with Gasteiger partial charge in [0.05, 0.1) is 6.73 Å². The van der Waals surface area contributed by atoms with E-state index in [0.717, 1.165) is 6.54 Å². The molecule has 0 heterocycles. The number of benzene rings is 1. The van der Waals surface area contributed by atoms with Crippen LogP contribution in [0.2, 0.25) is 0 Å². The smallest absolute Gasteiger partial charge is 0.0964 e. The SMILES string of the molecule is COCNCc1ccccc1. The molecular weight excluding hydrogens is 138 g/mol. The van der Waals surface area contributed by atoms with Gasteiger partial charge in [-0.15, -0.1) is 0 Å². The minimum Gasteiger partial charge on any atom is -0.370 e. The van der Waals surface area contributed by atoms with Crippen LogP contribution in [0.1, 0.15) is 5.56 Å². The van der Waals surface area contributed by atoms with Gasteiger partial charge in [-0.05, 0) is 5.56 Å². The quantitative estimate of drug-likeness (QED) is 0.518. The Balaban J connectivity index is 2.28. The third-order valence-corrected chi connectivity index (χ3v) is 1.42. The molecule has 0 radical (unpaired) electrons. The summed E-state index contributed by atoms with van der Waals surface area (Å²) in [5.74, 6) is 0. The predicted octanol–water partition coefficient (Wildman–Crippen LogP) is 1.38. The maximum atomic E-state index is 4.85. The van der Waals surface area contributed by atoms with Crippen LogP contribution in [-0.4, -0.2) is 13.8 Å². The van der Waals surface area contributed by atoms with Crippen LogP contribution in [0.4, 0.5) is 0 Å². The molecule has 2 heteroatoms. The molecule has 2 nitrogen and oxygen atoms in total. The van der Waals surface area contributed by atoms with Crippen molar-refractivity contribution in [1.82, 2.24) is 5.32 Å². The zero-order valence-electron chi connectivity index (χ0n) is 6.71. The van der Waals surface area contributed by atoms with Crippen LogP contribution < -0.4 is 5.32 Å². The fourth-order valence-electron chi connectivity index (χ4n) is 0.893. The van der Waals surface area contributed by atoms with Crippen molar-refractivity contribution < 1.29 is 4.74 Å². The highest BCUT2D eigenvalue weighted by atomic mass is 16.5. The van der Waals surface area contributed by atoms with Gasteiger partial charge in [-0.25, -0.2) is 0 Å². The zero-order chi connectivity index (χ0) is 7.94. The van der Waals surface area contributed by atoms with Crippen molar-refractivity contribution in [1.29, 1.82) is 0 Å². The van der Waals surface area contributed by atoms with Gasteiger partial charge in [-0.3, -0.25) is 5.32 Å². The molecule has 60 valence electrons. The standard InChI is InChI=1S/C9H13NO/c1-11-8-10-7-9-5-3-2-4-6-9/h2-6,10H,7-8H2,1H3. The topological polar surface area (TPSA) is 21.3 Å². The van der Waals surface area contributed by atoms with E-state index in [1.807, 2.05) is 18.2 Å². The second-order valence-corrected chi connectivity index (χ2v) is 2.35. The van der Waals surface area contributed by atoms with E-state index in [2.05, 4.69) is 17.4 Å². The minimum atomic E-state index is 0.606. The second kappa shape index (κ2) is 4.88. The first-order valence-corrected chi connectivity index (χ1v) is 3.67. The zero-order valence-corrected chi connectivity index (χ0v) is 6.71. The molecule has 0 aliphatic carbocycles. The third kappa shape index (κ3) is 3.16. The normalized spacial score (nSPS) is 9.91. The number of hydrogen-bond acceptors (Lipinski definition) is 2. The van der Waals surface area contributed by atoms with Crippen LogP contribution >= 0.6 is 0 Å². The van der Waals surface area contributed by atoms with Crippen molar-refractivity contribution in [2.75, 3.05) is 13.8 Å². The Hall–Kier alpha value is -0.860. The van der Waals surface area contributed by atoms with Crippen molar-refractivity contribution in [2.24, 2.45) is 0 Å². The molecule has 0 unspecified atom stereocenters. The van der Waals surface area contributed by atoms with E-state index in [1.54, 1.807) is 7.11 Å². The summed E-state index contributed by atoms with van der Waals surface area (Å²) in [6, 6.07) is 10.2. The fraction of sp³-hybridized carbons (Fsp3) is 0.333. The van der Waals surface area contributed by atoms with Crippen LogP contribution in [0.3, 0.4) is 0 Å². The van der Waals surface area contributed by atoms with E-state index in [4.69, 9.17) is 4.74 Å². The number of ether oxygens (including phenoxy) is 1. The lowest BCUT2D eigenvalue weighted by atomic mass is 10.2. The van der Waals surface area contributed by atoms with Crippen LogP contribution in [0.25, 0.3) is 0 Å². The molecular formula is C9H13NO. The molecule has 1 aromatic rings. The highest BCUT2D eigenvalue weighted by Gasteiger charge is 1.87. The van der Waals surface area contributed by atoms with Crippen LogP contribution in [-0.2, 0) is 11.3 Å². The minimum absolute atomic E-state index is 0.606. The Bertz CT molecular complexity index is 186. The van der Waals surface area contributed by atoms with Crippen molar-refractivity contribution in [2.45, 2.75) is 6.54 Å². The lowest BCUT2D eigenvalue weighted by molar-refractivity contribution is 0.174. The summed E-state index contributed by atoms with van der Waals surface area (Å²) in [6.45, 7) is 1.48. The highest BCUT2D eigenvalue weighted by Crippen LogP contribution is 1.96. The van der Waals surface area contributed by atoms with Crippen LogP contribution in [0.5, 0.6) is 0 Å². The van der Waals surface area contributed by atoms with E-state index in [9.17, 15) is 0 Å². The van der Waals surface area contributed by atoms with Gasteiger partial charge in [-0.2, -0.15) is 0 Å². The Morgan fingerprint density at radius 2 is 2.00 bits per heavy atom. The van der Waals surface area contributed by atoms with Gasteiger partial charge in [0.2, 0.25) is 0 Å². The van der Waals surface area contributed by atoms with Crippen molar-refractivity contribution in [3.63, 3.8) is 0 Å². The largest absolute Gasteiger partial charge is 0.370 e. The van der Waals surface area contributed by atoms with Gasteiger partial charge in [0, 0.05) is 13.7 Å². The molecule has 0 aliphatic rings. The number of rotatable bonds is 4. The van der Waals surface area contributed by atoms with E-state index < -0.39 is 0 Å². The number of nitrogens with one attached hydrogen (secondary N) is 1. The molecule has 1 rings (SSSR count). The predicted molar refractivity (Wildman–Crippen MR) is 45.2 cm³/mol. The van der Waals surface area contributed by atoms with Crippen molar-refractivity contribution >= 4 is 0 Å². The second-order valence-electron chi connectivity index (χ2n) is 2.35. The molecule has 11 heavy (non-hydrogen) atoms. The number of methoxy groups -OCH3 is 1. The van der Waals surface area contributed by atoms with Gasteiger partial charge in [0.25, 0.3) is 0 Å². The Morgan fingerprint density at radius 1 is 1.27 bits per heavy atom. The molecule has 0 spiro atoms. The average molecular weight is 151 g/mol. The molecule has 0 aromatic heterocycles. The summed E-state index contributed by atoms with van der Waals surface area (Å²) in [4.78, 5) is 0. The van der Waals surface area contributed by atoms with E-state index >= 15 is 0 Å². The summed E-state index contributed by atoms with van der Waals surface area (Å²) in [6.07, 6.45) is 0. The van der Waals surface area contributed by atoms with Gasteiger partial charge < -0.3 is 4.74 Å². The lowest BCUT2D eigenvalue weighted by Gasteiger charge is -2.01. The summed E-state index contributed by atoms with van der Waals surface area (Å²) in [5.41, 5.74) is 1.28. The maximum absolute atomic E-state index is 4.85. The van der Waals surface area contributed by atoms with Gasteiger partial charge in [0.15, 0.2) is 0 Å². The molecule has 1 N–H and O–H groups in total. The molecule has 0 aliphatic heterocycles. The summed E-state index contributed by atoms with van der Waals surface area (Å²) in [5, 5.41) is 3.13. The molecule has 0 saturated heterocycles. The molecule has 0 saturated carbocycles. The van der Waals surface area contributed by atoms with Crippen molar-refractivity contribution in [3.05, 3.63) is 35.9 Å². The Labute approximate surface area is 67.2 Å². The summed E-state index contributed by atoms with van der Waals surface area (Å²) in [7, 11) is 1.68. The maximum Gasteiger partial charge on any atom is 0.0964 e. The molecule has 0 fully saturated rings. The first-order chi connectivity index (χ1) is 5.43. The average Bonchev–Trinajstić information content (AvgIpc) is 2.07. The number of hydrogen-bond donors (Lipinski definition) is 1. The highest BCUT2D eigenvalue weighted by molar-refractivity contribution is 5.13. The Kier molecular flexibility index (Phi) is 3.65. The fourth-order valence-corrected chi connectivity index (χ4v) is 0.893. The summed E-state index contributed by atoms with van der Waals surface area (Å²) < 4.78 is 4.85. The monoisotopic (exact) mass is 151 g/mol. The first kappa shape index (κ1) is 8.24. The van der Waals surface area contributed by atoms with Crippen LogP contribution in [0, 0.1) is 0 Å². The molecule has 1 aromatic carbocycles. The molecule has 0 amide bonds. The molecule has 0 atom stereocenters. The van der Waals surface area contributed by atoms with Gasteiger partial charge in [-0.1, -0.05) is 30.3 Å². The Morgan fingerprint density at radius 3 is 2.64 bits per heavy atom. The van der Waals surface area contributed by atoms with E-state index in [0.29, 0.717) is 6.73 Å². The lowest BCUT2D eigenvalue weighted by Crippen LogP contribution is -2.15. The van der Waals surface area contributed by atoms with Gasteiger partial charge in [0.1, 0.15) is 0 Å². The van der Waals surface area contributed by atoms with Crippen molar-refractivity contribution in [3.8, 4) is 0 Å². The van der Waals surface area contributed by atoms with E-state index in [-0.39, 0.29) is 0 Å². The van der Waals surface area contributed by atoms with Gasteiger partial charge >= 0.3 is 0 Å². The van der Waals surface area contributed by atoms with E-state index in [1.165, 1.54) is 5.56 Å². The summed E-state index contributed by atoms with van der Waals surface area (Å²) >= 11 is 0. The van der Waals surface area contributed by atoms with Crippen LogP contribution in [0.15, 0.2) is 30.3 Å². The first-order valence-electron chi connectivity index (χ1n) is 3.67.